The maximum absolute atomic E-state index is 12.9. The van der Waals surface area contributed by atoms with E-state index in [0.29, 0.717) is 50.5 Å². The Morgan fingerprint density at radius 1 is 0.971 bits per heavy atom. The lowest BCUT2D eigenvalue weighted by Crippen LogP contribution is -2.30. The predicted octanol–water partition coefficient (Wildman–Crippen LogP) is 6.83. The summed E-state index contributed by atoms with van der Waals surface area (Å²) >= 11 is 15.4. The van der Waals surface area contributed by atoms with Crippen molar-refractivity contribution >= 4 is 62.8 Å². The van der Waals surface area contributed by atoms with Crippen LogP contribution in [-0.4, -0.2) is 18.5 Å². The minimum absolute atomic E-state index is 0.143. The van der Waals surface area contributed by atoms with Crippen molar-refractivity contribution in [1.82, 2.24) is 5.32 Å². The van der Waals surface area contributed by atoms with Gasteiger partial charge in [-0.3, -0.25) is 4.79 Å². The van der Waals surface area contributed by atoms with Gasteiger partial charge in [0.05, 0.1) is 16.8 Å². The van der Waals surface area contributed by atoms with Gasteiger partial charge >= 0.3 is 6.03 Å². The van der Waals surface area contributed by atoms with Gasteiger partial charge in [0, 0.05) is 10.0 Å². The number of ether oxygens (including phenoxy) is 2. The van der Waals surface area contributed by atoms with Crippen LogP contribution in [0.4, 0.5) is 10.5 Å². The molecule has 0 radical (unpaired) electrons. The highest BCUT2D eigenvalue weighted by Gasteiger charge is 2.34. The molecule has 1 heterocycles. The Kier molecular flexibility index (Phi) is 7.46. The van der Waals surface area contributed by atoms with E-state index in [0.717, 1.165) is 10.5 Å². The summed E-state index contributed by atoms with van der Waals surface area (Å²) in [5.41, 5.74) is 2.17. The summed E-state index contributed by atoms with van der Waals surface area (Å²) in [5, 5.41) is 3.78. The molecule has 0 bridgehead atoms. The van der Waals surface area contributed by atoms with E-state index < -0.39 is 11.9 Å². The highest BCUT2D eigenvalue weighted by atomic mass is 79.9. The number of rotatable bonds is 7. The molecule has 0 atom stereocenters. The number of amides is 3. The van der Waals surface area contributed by atoms with Crippen LogP contribution in [0.3, 0.4) is 0 Å². The van der Waals surface area contributed by atoms with Crippen LogP contribution in [0.2, 0.25) is 10.0 Å². The Bertz CT molecular complexity index is 1260. The highest BCUT2D eigenvalue weighted by Crippen LogP contribution is 2.38. The van der Waals surface area contributed by atoms with Gasteiger partial charge < -0.3 is 14.8 Å². The number of imide groups is 1. The van der Waals surface area contributed by atoms with Gasteiger partial charge in [-0.05, 0) is 88.6 Å². The molecule has 1 fully saturated rings. The molecule has 0 unspecified atom stereocenters. The fraction of sp³-hybridized carbons (Fsp3) is 0.120. The highest BCUT2D eigenvalue weighted by molar-refractivity contribution is 9.10. The Morgan fingerprint density at radius 2 is 1.62 bits per heavy atom. The van der Waals surface area contributed by atoms with Crippen LogP contribution in [0, 0.1) is 0 Å². The molecular formula is C25H19BrCl2N2O4. The van der Waals surface area contributed by atoms with E-state index in [1.165, 1.54) is 0 Å². The van der Waals surface area contributed by atoms with Crippen LogP contribution in [0.1, 0.15) is 18.1 Å². The number of nitrogens with zero attached hydrogens (tertiary/aromatic N) is 1. The van der Waals surface area contributed by atoms with Crippen molar-refractivity contribution in [3.8, 4) is 11.5 Å². The van der Waals surface area contributed by atoms with Gasteiger partial charge in [0.25, 0.3) is 5.91 Å². The molecule has 3 aromatic rings. The number of benzene rings is 3. The molecule has 0 aliphatic carbocycles. The summed E-state index contributed by atoms with van der Waals surface area (Å²) in [4.78, 5) is 26.4. The Labute approximate surface area is 215 Å². The molecule has 1 N–H and O–H groups in total. The normalized spacial score (nSPS) is 14.5. The van der Waals surface area contributed by atoms with Gasteiger partial charge in [-0.1, -0.05) is 35.3 Å². The minimum Gasteiger partial charge on any atom is -0.490 e. The van der Waals surface area contributed by atoms with Gasteiger partial charge in [-0.2, -0.15) is 0 Å². The lowest BCUT2D eigenvalue weighted by Gasteiger charge is -2.15. The molecule has 6 nitrogen and oxygen atoms in total. The van der Waals surface area contributed by atoms with Crippen molar-refractivity contribution in [2.75, 3.05) is 11.5 Å². The van der Waals surface area contributed by atoms with Crippen molar-refractivity contribution in [2.24, 2.45) is 0 Å². The van der Waals surface area contributed by atoms with E-state index in [1.807, 2.05) is 19.1 Å². The average molecular weight is 562 g/mol. The summed E-state index contributed by atoms with van der Waals surface area (Å²) in [5.74, 6) is 0.567. The van der Waals surface area contributed by atoms with E-state index in [-0.39, 0.29) is 5.70 Å². The first-order valence-electron chi connectivity index (χ1n) is 10.3. The monoisotopic (exact) mass is 560 g/mol. The Hall–Kier alpha value is -3.00. The number of carbonyl (C=O) groups excluding carboxylic acids is 2. The molecule has 3 amide bonds. The number of hydrogen-bond acceptors (Lipinski definition) is 4. The number of carbonyl (C=O) groups is 2. The molecule has 0 saturated carbocycles. The molecule has 0 spiro atoms. The van der Waals surface area contributed by atoms with Crippen molar-refractivity contribution in [3.63, 3.8) is 0 Å². The summed E-state index contributed by atoms with van der Waals surface area (Å²) in [6, 6.07) is 16.8. The largest absolute Gasteiger partial charge is 0.490 e. The van der Waals surface area contributed by atoms with E-state index in [2.05, 4.69) is 21.2 Å². The zero-order valence-electron chi connectivity index (χ0n) is 18.0. The molecule has 4 rings (SSSR count). The third-order valence-corrected chi connectivity index (χ3v) is 6.00. The Morgan fingerprint density at radius 3 is 2.26 bits per heavy atom. The van der Waals surface area contributed by atoms with E-state index in [1.54, 1.807) is 54.6 Å². The van der Waals surface area contributed by atoms with Gasteiger partial charge in [0.1, 0.15) is 12.3 Å². The van der Waals surface area contributed by atoms with E-state index >= 15 is 0 Å². The lowest BCUT2D eigenvalue weighted by atomic mass is 10.1. The second-order valence-electron chi connectivity index (χ2n) is 7.28. The first-order valence-corrected chi connectivity index (χ1v) is 11.9. The maximum atomic E-state index is 12.9. The summed E-state index contributed by atoms with van der Waals surface area (Å²) in [6.45, 7) is 2.61. The van der Waals surface area contributed by atoms with Gasteiger partial charge in [-0.25, -0.2) is 9.69 Å². The van der Waals surface area contributed by atoms with E-state index in [4.69, 9.17) is 32.7 Å². The molecular weight excluding hydrogens is 543 g/mol. The zero-order chi connectivity index (χ0) is 24.2. The molecule has 174 valence electrons. The third-order valence-electron chi connectivity index (χ3n) is 4.90. The smallest absolute Gasteiger partial charge is 0.333 e. The van der Waals surface area contributed by atoms with Gasteiger partial charge in [-0.15, -0.1) is 0 Å². The number of urea groups is 1. The van der Waals surface area contributed by atoms with Crippen LogP contribution < -0.4 is 19.7 Å². The third kappa shape index (κ3) is 5.38. The average Bonchev–Trinajstić information content (AvgIpc) is 3.08. The standard InChI is InChI=1S/C25H19BrCl2N2O4/c1-2-33-22-13-16(11-20(26)23(22)34-14-15-3-5-17(27)6-4-15)12-21-24(31)30(25(32)29-21)19-9-7-18(28)8-10-19/h3-13H,2,14H2,1H3,(H,29,32)/b21-12+. The maximum Gasteiger partial charge on any atom is 0.333 e. The number of anilines is 1. The topological polar surface area (TPSA) is 67.9 Å². The quantitative estimate of drug-likeness (QED) is 0.253. The molecule has 1 aliphatic heterocycles. The minimum atomic E-state index is -0.536. The molecule has 1 aliphatic rings. The summed E-state index contributed by atoms with van der Waals surface area (Å²) in [6.07, 6.45) is 1.59. The first-order chi connectivity index (χ1) is 16.4. The number of halogens is 3. The summed E-state index contributed by atoms with van der Waals surface area (Å²) in [7, 11) is 0. The van der Waals surface area contributed by atoms with Crippen LogP contribution in [-0.2, 0) is 11.4 Å². The number of nitrogens with one attached hydrogen (secondary N) is 1. The first kappa shape index (κ1) is 24.1. The zero-order valence-corrected chi connectivity index (χ0v) is 21.1. The van der Waals surface area contributed by atoms with Crippen LogP contribution >= 0.6 is 39.1 Å². The van der Waals surface area contributed by atoms with Crippen molar-refractivity contribution in [2.45, 2.75) is 13.5 Å². The molecule has 3 aromatic carbocycles. The molecule has 9 heteroatoms. The second-order valence-corrected chi connectivity index (χ2v) is 9.01. The Balaban J connectivity index is 1.59. The molecule has 0 aromatic heterocycles. The van der Waals surface area contributed by atoms with Gasteiger partial charge in [0.15, 0.2) is 11.5 Å². The van der Waals surface area contributed by atoms with Crippen molar-refractivity contribution in [3.05, 3.63) is 92.0 Å². The fourth-order valence-corrected chi connectivity index (χ4v) is 4.16. The van der Waals surface area contributed by atoms with Crippen LogP contribution in [0.15, 0.2) is 70.8 Å². The number of hydrogen-bond donors (Lipinski definition) is 1. The SMILES string of the molecule is CCOc1cc(/C=C2/NC(=O)N(c3ccc(Cl)cc3)C2=O)cc(Br)c1OCc1ccc(Cl)cc1. The van der Waals surface area contributed by atoms with Crippen LogP contribution in [0.5, 0.6) is 11.5 Å². The molecule has 1 saturated heterocycles. The van der Waals surface area contributed by atoms with Crippen molar-refractivity contribution < 1.29 is 19.1 Å². The van der Waals surface area contributed by atoms with Gasteiger partial charge in [0.2, 0.25) is 0 Å². The van der Waals surface area contributed by atoms with Crippen molar-refractivity contribution in [1.29, 1.82) is 0 Å². The summed E-state index contributed by atoms with van der Waals surface area (Å²) < 4.78 is 12.4. The van der Waals surface area contributed by atoms with E-state index in [9.17, 15) is 9.59 Å². The molecule has 34 heavy (non-hydrogen) atoms. The van der Waals surface area contributed by atoms with Crippen LogP contribution in [0.25, 0.3) is 6.08 Å². The predicted molar refractivity (Wildman–Crippen MR) is 137 cm³/mol. The fourth-order valence-electron chi connectivity index (χ4n) is 3.34. The lowest BCUT2D eigenvalue weighted by molar-refractivity contribution is -0.113. The second kappa shape index (κ2) is 10.5.